The normalized spacial score (nSPS) is 10.4. The Morgan fingerprint density at radius 3 is 2.95 bits per heavy atom. The molecular formula is C12H14FN5S. The molecule has 100 valence electrons. The number of aromatic nitrogens is 3. The largest absolute Gasteiger partial charge is 0.389 e. The maximum atomic E-state index is 13.6. The number of halogens is 1. The molecule has 0 spiro atoms. The van der Waals surface area contributed by atoms with Crippen LogP contribution in [0.5, 0.6) is 0 Å². The lowest BCUT2D eigenvalue weighted by Crippen LogP contribution is -2.17. The van der Waals surface area contributed by atoms with E-state index in [0.717, 1.165) is 5.82 Å². The number of benzene rings is 1. The van der Waals surface area contributed by atoms with Crippen molar-refractivity contribution in [3.63, 3.8) is 0 Å². The van der Waals surface area contributed by atoms with Crippen LogP contribution < -0.4 is 11.1 Å². The molecule has 0 fully saturated rings. The summed E-state index contributed by atoms with van der Waals surface area (Å²) in [5, 5.41) is 10.9. The highest BCUT2D eigenvalue weighted by molar-refractivity contribution is 7.80. The Hall–Kier alpha value is -2.02. The Kier molecular flexibility index (Phi) is 4.06. The summed E-state index contributed by atoms with van der Waals surface area (Å²) in [6, 6.07) is 4.69. The van der Waals surface area contributed by atoms with Crippen LogP contribution in [0, 0.1) is 5.82 Å². The molecule has 0 bridgehead atoms. The number of nitrogens with one attached hydrogen (secondary N) is 1. The lowest BCUT2D eigenvalue weighted by atomic mass is 10.1. The second kappa shape index (κ2) is 5.75. The van der Waals surface area contributed by atoms with Gasteiger partial charge in [0.2, 0.25) is 0 Å². The van der Waals surface area contributed by atoms with Crippen molar-refractivity contribution in [2.75, 3.05) is 11.9 Å². The van der Waals surface area contributed by atoms with Crippen LogP contribution in [-0.4, -0.2) is 26.3 Å². The quantitative estimate of drug-likeness (QED) is 0.806. The van der Waals surface area contributed by atoms with Gasteiger partial charge in [0.05, 0.1) is 5.56 Å². The zero-order valence-corrected chi connectivity index (χ0v) is 11.2. The van der Waals surface area contributed by atoms with Crippen molar-refractivity contribution in [1.29, 1.82) is 0 Å². The second-order valence-corrected chi connectivity index (χ2v) is 4.50. The van der Waals surface area contributed by atoms with E-state index < -0.39 is 5.82 Å². The zero-order chi connectivity index (χ0) is 13.8. The molecule has 3 N–H and O–H groups in total. The maximum absolute atomic E-state index is 13.6. The number of anilines is 1. The number of rotatable bonds is 5. The molecule has 0 atom stereocenters. The number of thiocarbonyl (C=S) groups is 1. The third kappa shape index (κ3) is 3.05. The van der Waals surface area contributed by atoms with E-state index in [1.165, 1.54) is 6.07 Å². The molecule has 0 aliphatic rings. The van der Waals surface area contributed by atoms with Crippen molar-refractivity contribution in [3.8, 4) is 0 Å². The molecule has 0 saturated carbocycles. The summed E-state index contributed by atoms with van der Waals surface area (Å²) in [4.78, 5) is 0.0410. The van der Waals surface area contributed by atoms with Gasteiger partial charge in [-0.1, -0.05) is 18.3 Å². The first-order valence-electron chi connectivity index (χ1n) is 5.74. The average Bonchev–Trinajstić information content (AvgIpc) is 2.75. The topological polar surface area (TPSA) is 68.8 Å². The van der Waals surface area contributed by atoms with Gasteiger partial charge in [0.15, 0.2) is 0 Å². The maximum Gasteiger partial charge on any atom is 0.135 e. The fourth-order valence-electron chi connectivity index (χ4n) is 1.76. The van der Waals surface area contributed by atoms with E-state index >= 15 is 0 Å². The zero-order valence-electron chi connectivity index (χ0n) is 10.4. The van der Waals surface area contributed by atoms with Crippen LogP contribution >= 0.6 is 12.2 Å². The first-order valence-corrected chi connectivity index (χ1v) is 6.15. The van der Waals surface area contributed by atoms with Gasteiger partial charge in [-0.25, -0.2) is 4.39 Å². The van der Waals surface area contributed by atoms with E-state index in [9.17, 15) is 4.39 Å². The minimum absolute atomic E-state index is 0.0410. The van der Waals surface area contributed by atoms with Gasteiger partial charge in [-0.15, -0.1) is 10.2 Å². The van der Waals surface area contributed by atoms with E-state index in [0.29, 0.717) is 18.7 Å². The van der Waals surface area contributed by atoms with Crippen LogP contribution in [0.2, 0.25) is 0 Å². The lowest BCUT2D eigenvalue weighted by Gasteiger charge is -2.11. The van der Waals surface area contributed by atoms with Crippen molar-refractivity contribution in [2.45, 2.75) is 6.42 Å². The summed E-state index contributed by atoms with van der Waals surface area (Å²) in [5.74, 6) is 0.428. The van der Waals surface area contributed by atoms with Crippen molar-refractivity contribution in [2.24, 2.45) is 12.8 Å². The van der Waals surface area contributed by atoms with Crippen LogP contribution in [0.4, 0.5) is 10.1 Å². The number of hydrogen-bond donors (Lipinski definition) is 2. The fraction of sp³-hybridized carbons (Fsp3) is 0.250. The Labute approximate surface area is 115 Å². The molecule has 1 aromatic heterocycles. The molecule has 2 aromatic rings. The summed E-state index contributed by atoms with van der Waals surface area (Å²) in [6.07, 6.45) is 2.31. The SMILES string of the molecule is Cn1cnnc1CCNc1cccc(F)c1C(N)=S. The molecule has 19 heavy (non-hydrogen) atoms. The highest BCUT2D eigenvalue weighted by Crippen LogP contribution is 2.18. The molecule has 2 rings (SSSR count). The molecule has 0 radical (unpaired) electrons. The van der Waals surface area contributed by atoms with Crippen LogP contribution in [0.25, 0.3) is 0 Å². The van der Waals surface area contributed by atoms with Crippen molar-refractivity contribution in [3.05, 3.63) is 41.7 Å². The third-order valence-electron chi connectivity index (χ3n) is 2.73. The van der Waals surface area contributed by atoms with Gasteiger partial charge >= 0.3 is 0 Å². The highest BCUT2D eigenvalue weighted by Gasteiger charge is 2.10. The minimum Gasteiger partial charge on any atom is -0.389 e. The van der Waals surface area contributed by atoms with Gasteiger partial charge < -0.3 is 15.6 Å². The predicted molar refractivity (Wildman–Crippen MR) is 75.5 cm³/mol. The molecule has 0 aliphatic heterocycles. The first kappa shape index (κ1) is 13.4. The van der Waals surface area contributed by atoms with Crippen LogP contribution in [0.15, 0.2) is 24.5 Å². The molecule has 5 nitrogen and oxygen atoms in total. The molecule has 1 heterocycles. The number of nitrogens with zero attached hydrogens (tertiary/aromatic N) is 3. The Morgan fingerprint density at radius 1 is 1.53 bits per heavy atom. The van der Waals surface area contributed by atoms with E-state index in [4.69, 9.17) is 18.0 Å². The predicted octanol–water partition coefficient (Wildman–Crippen LogP) is 1.24. The number of aryl methyl sites for hydroxylation is 1. The van der Waals surface area contributed by atoms with Crippen LogP contribution in [-0.2, 0) is 13.5 Å². The van der Waals surface area contributed by atoms with Crippen LogP contribution in [0.3, 0.4) is 0 Å². The van der Waals surface area contributed by atoms with Gasteiger partial charge in [0.1, 0.15) is 23.0 Å². The van der Waals surface area contributed by atoms with Gasteiger partial charge in [-0.3, -0.25) is 0 Å². The Balaban J connectivity index is 2.06. The van der Waals surface area contributed by atoms with Gasteiger partial charge in [-0.05, 0) is 12.1 Å². The monoisotopic (exact) mass is 279 g/mol. The van der Waals surface area contributed by atoms with E-state index in [1.54, 1.807) is 18.5 Å². The molecule has 0 aliphatic carbocycles. The van der Waals surface area contributed by atoms with Gasteiger partial charge in [-0.2, -0.15) is 0 Å². The first-order chi connectivity index (χ1) is 9.09. The Bertz CT molecular complexity index is 596. The molecular weight excluding hydrogens is 265 g/mol. The summed E-state index contributed by atoms with van der Waals surface area (Å²) >= 11 is 4.86. The summed E-state index contributed by atoms with van der Waals surface area (Å²) < 4.78 is 15.5. The van der Waals surface area contributed by atoms with Crippen LogP contribution in [0.1, 0.15) is 11.4 Å². The molecule has 0 saturated heterocycles. The van der Waals surface area contributed by atoms with E-state index in [2.05, 4.69) is 15.5 Å². The standard InChI is InChI=1S/C12H14FN5S/c1-18-7-16-17-10(18)5-6-15-9-4-2-3-8(13)11(9)12(14)19/h2-4,7,15H,5-6H2,1H3,(H2,14,19). The highest BCUT2D eigenvalue weighted by atomic mass is 32.1. The van der Waals surface area contributed by atoms with Crippen molar-refractivity contribution in [1.82, 2.24) is 14.8 Å². The molecule has 7 heteroatoms. The van der Waals surface area contributed by atoms with E-state index in [-0.39, 0.29) is 10.6 Å². The van der Waals surface area contributed by atoms with Crippen molar-refractivity contribution >= 4 is 22.9 Å². The second-order valence-electron chi connectivity index (χ2n) is 4.06. The number of nitrogens with two attached hydrogens (primary N) is 1. The minimum atomic E-state index is -0.420. The van der Waals surface area contributed by atoms with Gasteiger partial charge in [0.25, 0.3) is 0 Å². The average molecular weight is 279 g/mol. The molecule has 0 amide bonds. The summed E-state index contributed by atoms with van der Waals surface area (Å²) in [6.45, 7) is 0.589. The van der Waals surface area contributed by atoms with Gasteiger partial charge in [0, 0.05) is 25.7 Å². The van der Waals surface area contributed by atoms with Crippen molar-refractivity contribution < 1.29 is 4.39 Å². The Morgan fingerprint density at radius 2 is 2.32 bits per heavy atom. The lowest BCUT2D eigenvalue weighted by molar-refractivity contribution is 0.626. The summed E-state index contributed by atoms with van der Waals surface area (Å²) in [5.41, 5.74) is 6.37. The summed E-state index contributed by atoms with van der Waals surface area (Å²) in [7, 11) is 1.87. The third-order valence-corrected chi connectivity index (χ3v) is 2.93. The molecule has 1 aromatic carbocycles. The number of hydrogen-bond acceptors (Lipinski definition) is 4. The fourth-order valence-corrected chi connectivity index (χ4v) is 1.97. The smallest absolute Gasteiger partial charge is 0.135 e. The van der Waals surface area contributed by atoms with E-state index in [1.807, 2.05) is 11.6 Å². The molecule has 0 unspecified atom stereocenters.